The van der Waals surface area contributed by atoms with Gasteiger partial charge in [0.15, 0.2) is 5.30 Å². The maximum Gasteiger partial charge on any atom is 0.357 e. The highest BCUT2D eigenvalue weighted by molar-refractivity contribution is 8.51. The van der Waals surface area contributed by atoms with E-state index in [2.05, 4.69) is 12.2 Å². The van der Waals surface area contributed by atoms with Gasteiger partial charge in [0.05, 0.1) is 12.2 Å². The summed E-state index contributed by atoms with van der Waals surface area (Å²) in [5.41, 5.74) is 1.09. The molecule has 1 aromatic rings. The number of aryl methyl sites for hydroxylation is 1. The van der Waals surface area contributed by atoms with Crippen LogP contribution in [0.15, 0.2) is 24.3 Å². The van der Waals surface area contributed by atoms with Gasteiger partial charge in [0.2, 0.25) is 0 Å². The molecule has 0 saturated carbocycles. The highest BCUT2D eigenvalue weighted by atomic mass is 32.7. The number of thiol groups is 1. The van der Waals surface area contributed by atoms with Crippen LogP contribution >= 0.6 is 19.2 Å². The Morgan fingerprint density at radius 1 is 1.18 bits per heavy atom. The molecule has 0 atom stereocenters. The Morgan fingerprint density at radius 3 is 2.00 bits per heavy atom. The third-order valence-corrected chi connectivity index (χ3v) is 3.06. The average Bonchev–Trinajstić information content (AvgIpc) is 1.86. The molecule has 0 radical (unpaired) electrons. The van der Waals surface area contributed by atoms with E-state index in [0.29, 0.717) is 5.30 Å². The van der Waals surface area contributed by atoms with E-state index in [4.69, 9.17) is 9.79 Å². The predicted molar refractivity (Wildman–Crippen MR) is 51.2 cm³/mol. The van der Waals surface area contributed by atoms with Gasteiger partial charge in [-0.25, -0.2) is 9.79 Å². The minimum Gasteiger partial charge on any atom is -0.204 e. The standard InChI is InChI=1S/C7H10O2PS/c1-6-2-4-7(5-3-6)10(8,9)11/h2-5,8-9,11H,1H3/q+1. The predicted octanol–water partition coefficient (Wildman–Crippen LogP) is 1.30. The van der Waals surface area contributed by atoms with Crippen molar-refractivity contribution < 1.29 is 9.79 Å². The maximum absolute atomic E-state index is 9.11. The summed E-state index contributed by atoms with van der Waals surface area (Å²) >= 11 is 3.70. The van der Waals surface area contributed by atoms with E-state index in [0.717, 1.165) is 5.56 Å². The van der Waals surface area contributed by atoms with E-state index >= 15 is 0 Å². The first-order valence-corrected chi connectivity index (χ1v) is 5.99. The largest absolute Gasteiger partial charge is 0.357 e. The Balaban J connectivity index is 2.99. The van der Waals surface area contributed by atoms with Crippen LogP contribution in [0.1, 0.15) is 5.56 Å². The molecule has 0 heterocycles. The van der Waals surface area contributed by atoms with Gasteiger partial charge < -0.3 is 0 Å². The van der Waals surface area contributed by atoms with Crippen LogP contribution < -0.4 is 5.30 Å². The minimum absolute atomic E-state index is 0.492. The van der Waals surface area contributed by atoms with Gasteiger partial charge in [0.25, 0.3) is 0 Å². The Bertz CT molecular complexity index is 240. The van der Waals surface area contributed by atoms with Gasteiger partial charge in [-0.1, -0.05) is 17.7 Å². The molecule has 0 aliphatic carbocycles. The summed E-state index contributed by atoms with van der Waals surface area (Å²) in [6.07, 6.45) is 0. The summed E-state index contributed by atoms with van der Waals surface area (Å²) in [7, 11) is 0. The summed E-state index contributed by atoms with van der Waals surface area (Å²) in [5.74, 6) is 0. The van der Waals surface area contributed by atoms with Crippen molar-refractivity contribution in [2.45, 2.75) is 6.92 Å². The summed E-state index contributed by atoms with van der Waals surface area (Å²) in [6.45, 7) is -1.15. The van der Waals surface area contributed by atoms with Crippen LogP contribution in [-0.4, -0.2) is 9.79 Å². The van der Waals surface area contributed by atoms with Gasteiger partial charge in [-0.3, -0.25) is 0 Å². The second-order valence-corrected chi connectivity index (χ2v) is 5.73. The molecule has 0 fully saturated rings. The lowest BCUT2D eigenvalue weighted by atomic mass is 10.2. The first-order valence-electron chi connectivity index (χ1n) is 3.14. The molecular weight excluding hydrogens is 179 g/mol. The smallest absolute Gasteiger partial charge is 0.204 e. The highest BCUT2D eigenvalue weighted by Crippen LogP contribution is 2.53. The number of hydrogen-bond acceptors (Lipinski definition) is 3. The molecule has 4 heteroatoms. The Kier molecular flexibility index (Phi) is 2.55. The topological polar surface area (TPSA) is 40.5 Å². The molecule has 0 spiro atoms. The van der Waals surface area contributed by atoms with Gasteiger partial charge in [0.1, 0.15) is 0 Å². The van der Waals surface area contributed by atoms with Crippen LogP contribution in [0.4, 0.5) is 0 Å². The Morgan fingerprint density at radius 2 is 1.64 bits per heavy atom. The Hall–Kier alpha value is -0.0800. The van der Waals surface area contributed by atoms with Crippen molar-refractivity contribution in [1.82, 2.24) is 0 Å². The summed E-state index contributed by atoms with van der Waals surface area (Å²) in [4.78, 5) is 18.2. The molecule has 0 aliphatic rings. The first kappa shape index (κ1) is 9.01. The van der Waals surface area contributed by atoms with E-state index < -0.39 is 6.92 Å². The van der Waals surface area contributed by atoms with Crippen LogP contribution in [0.25, 0.3) is 0 Å². The van der Waals surface area contributed by atoms with Crippen LogP contribution in [0.5, 0.6) is 0 Å². The second-order valence-electron chi connectivity index (χ2n) is 2.40. The van der Waals surface area contributed by atoms with E-state index in [1.165, 1.54) is 0 Å². The fourth-order valence-electron chi connectivity index (χ4n) is 0.745. The van der Waals surface area contributed by atoms with E-state index in [-0.39, 0.29) is 0 Å². The van der Waals surface area contributed by atoms with Crippen molar-refractivity contribution in [1.29, 1.82) is 0 Å². The van der Waals surface area contributed by atoms with Crippen molar-refractivity contribution >= 4 is 24.5 Å². The monoisotopic (exact) mass is 189 g/mol. The first-order chi connectivity index (χ1) is 5.00. The number of rotatable bonds is 1. The van der Waals surface area contributed by atoms with Crippen molar-refractivity contribution in [3.05, 3.63) is 29.8 Å². The summed E-state index contributed by atoms with van der Waals surface area (Å²) in [6, 6.07) is 7.01. The molecule has 0 amide bonds. The summed E-state index contributed by atoms with van der Waals surface area (Å²) in [5, 5.41) is 0.492. The van der Waals surface area contributed by atoms with Crippen LogP contribution in [0.3, 0.4) is 0 Å². The molecule has 0 unspecified atom stereocenters. The van der Waals surface area contributed by atoms with E-state index in [9.17, 15) is 0 Å². The van der Waals surface area contributed by atoms with Crippen molar-refractivity contribution in [3.63, 3.8) is 0 Å². The molecule has 0 aliphatic heterocycles. The molecule has 0 aromatic heterocycles. The molecule has 60 valence electrons. The molecule has 1 aromatic carbocycles. The van der Waals surface area contributed by atoms with Crippen LogP contribution in [0.2, 0.25) is 0 Å². The zero-order valence-corrected chi connectivity index (χ0v) is 7.89. The molecule has 11 heavy (non-hydrogen) atoms. The zero-order chi connectivity index (χ0) is 8.48. The van der Waals surface area contributed by atoms with Gasteiger partial charge in [-0.15, -0.1) is 0 Å². The quantitative estimate of drug-likeness (QED) is 0.460. The molecule has 0 bridgehead atoms. The van der Waals surface area contributed by atoms with Crippen molar-refractivity contribution in [2.75, 3.05) is 0 Å². The second kappa shape index (κ2) is 3.11. The third kappa shape index (κ3) is 2.46. The van der Waals surface area contributed by atoms with E-state index in [1.54, 1.807) is 12.1 Å². The summed E-state index contributed by atoms with van der Waals surface area (Å²) < 4.78 is 0. The normalized spacial score (nSPS) is 11.6. The minimum atomic E-state index is -3.09. The molecule has 1 rings (SSSR count). The zero-order valence-electron chi connectivity index (χ0n) is 6.10. The lowest BCUT2D eigenvalue weighted by Crippen LogP contribution is -2.04. The Labute approximate surface area is 71.5 Å². The van der Waals surface area contributed by atoms with Crippen LogP contribution in [-0.2, 0) is 0 Å². The third-order valence-electron chi connectivity index (χ3n) is 1.38. The maximum atomic E-state index is 9.11. The lowest BCUT2D eigenvalue weighted by molar-refractivity contribution is 0.489. The molecular formula is C7H10O2PS+. The van der Waals surface area contributed by atoms with Gasteiger partial charge in [0, 0.05) is 0 Å². The average molecular weight is 189 g/mol. The molecule has 2 nitrogen and oxygen atoms in total. The van der Waals surface area contributed by atoms with Crippen LogP contribution in [0, 0.1) is 6.92 Å². The lowest BCUT2D eigenvalue weighted by Gasteiger charge is -2.03. The molecule has 2 N–H and O–H groups in total. The van der Waals surface area contributed by atoms with Crippen molar-refractivity contribution in [2.24, 2.45) is 0 Å². The molecule has 0 saturated heterocycles. The number of hydrogen-bond donors (Lipinski definition) is 3. The van der Waals surface area contributed by atoms with Crippen molar-refractivity contribution in [3.8, 4) is 0 Å². The number of benzene rings is 1. The van der Waals surface area contributed by atoms with Gasteiger partial charge >= 0.3 is 6.92 Å². The fraction of sp³-hybridized carbons (Fsp3) is 0.143. The fourth-order valence-corrected chi connectivity index (χ4v) is 1.69. The van der Waals surface area contributed by atoms with E-state index in [1.807, 2.05) is 19.1 Å². The SMILES string of the molecule is Cc1ccc([P+](O)(O)S)cc1. The van der Waals surface area contributed by atoms with Gasteiger partial charge in [-0.05, 0) is 19.1 Å². The van der Waals surface area contributed by atoms with Gasteiger partial charge in [-0.2, -0.15) is 0 Å². The highest BCUT2D eigenvalue weighted by Gasteiger charge is 2.30.